The van der Waals surface area contributed by atoms with Crippen molar-refractivity contribution < 1.29 is 8.42 Å². The van der Waals surface area contributed by atoms with Crippen LogP contribution >= 0.6 is 11.3 Å². The van der Waals surface area contributed by atoms with Gasteiger partial charge in [0.05, 0.1) is 0 Å². The van der Waals surface area contributed by atoms with Crippen LogP contribution in [0.2, 0.25) is 0 Å². The van der Waals surface area contributed by atoms with E-state index in [1.165, 1.54) is 36.7 Å². The van der Waals surface area contributed by atoms with Gasteiger partial charge in [0.25, 0.3) is 0 Å². The van der Waals surface area contributed by atoms with E-state index in [1.807, 2.05) is 0 Å². The SMILES string of the molecule is Nc1csc(S(=O)(=O)NC2CC3CCC2C3)c1. The molecular formula is C11H16N2O2S2. The lowest BCUT2D eigenvalue weighted by Crippen LogP contribution is -2.38. The van der Waals surface area contributed by atoms with Gasteiger partial charge in [-0.3, -0.25) is 0 Å². The summed E-state index contributed by atoms with van der Waals surface area (Å²) in [6, 6.07) is 1.67. The molecule has 0 radical (unpaired) electrons. The highest BCUT2D eigenvalue weighted by Gasteiger charge is 2.41. The number of fused-ring (bicyclic) bond motifs is 2. The Kier molecular flexibility index (Phi) is 2.68. The summed E-state index contributed by atoms with van der Waals surface area (Å²) in [5.74, 6) is 1.29. The van der Waals surface area contributed by atoms with E-state index in [0.29, 0.717) is 15.8 Å². The second-order valence-electron chi connectivity index (χ2n) is 5.10. The van der Waals surface area contributed by atoms with Gasteiger partial charge in [-0.15, -0.1) is 11.3 Å². The molecule has 0 amide bonds. The molecule has 0 spiro atoms. The highest BCUT2D eigenvalue weighted by Crippen LogP contribution is 2.44. The smallest absolute Gasteiger partial charge is 0.250 e. The van der Waals surface area contributed by atoms with Crippen molar-refractivity contribution in [3.8, 4) is 0 Å². The minimum atomic E-state index is -3.36. The first kappa shape index (κ1) is 11.5. The van der Waals surface area contributed by atoms with Crippen LogP contribution < -0.4 is 10.5 Å². The second-order valence-corrected chi connectivity index (χ2v) is 7.95. The van der Waals surface area contributed by atoms with Crippen molar-refractivity contribution in [1.29, 1.82) is 0 Å². The number of hydrogen-bond acceptors (Lipinski definition) is 4. The normalized spacial score (nSPS) is 32.1. The van der Waals surface area contributed by atoms with Gasteiger partial charge in [-0.25, -0.2) is 13.1 Å². The number of thiophene rings is 1. The molecule has 17 heavy (non-hydrogen) atoms. The number of anilines is 1. The van der Waals surface area contributed by atoms with Gasteiger partial charge in [0.2, 0.25) is 10.0 Å². The predicted octanol–water partition coefficient (Wildman–Crippen LogP) is 1.80. The standard InChI is InChI=1S/C11H16N2O2S2/c12-9-5-11(16-6-9)17(14,15)13-10-4-7-1-2-8(10)3-7/h5-8,10,13H,1-4,12H2. The summed E-state index contributed by atoms with van der Waals surface area (Å²) in [6.07, 6.45) is 4.64. The van der Waals surface area contributed by atoms with Crippen LogP contribution in [0.15, 0.2) is 15.7 Å². The van der Waals surface area contributed by atoms with Crippen LogP contribution in [-0.4, -0.2) is 14.5 Å². The first-order chi connectivity index (χ1) is 8.04. The van der Waals surface area contributed by atoms with Crippen molar-refractivity contribution in [3.05, 3.63) is 11.4 Å². The molecular weight excluding hydrogens is 256 g/mol. The van der Waals surface area contributed by atoms with Gasteiger partial charge in [0.1, 0.15) is 4.21 Å². The molecule has 94 valence electrons. The number of hydrogen-bond donors (Lipinski definition) is 2. The van der Waals surface area contributed by atoms with Gasteiger partial charge in [0, 0.05) is 17.1 Å². The van der Waals surface area contributed by atoms with E-state index in [4.69, 9.17) is 5.73 Å². The Bertz CT molecular complexity index is 523. The molecule has 1 aromatic heterocycles. The molecule has 0 aliphatic heterocycles. The Labute approximate surface area is 105 Å². The van der Waals surface area contributed by atoms with Gasteiger partial charge in [-0.2, -0.15) is 0 Å². The van der Waals surface area contributed by atoms with E-state index in [9.17, 15) is 8.42 Å². The maximum absolute atomic E-state index is 12.1. The van der Waals surface area contributed by atoms with Gasteiger partial charge in [0.15, 0.2) is 0 Å². The summed E-state index contributed by atoms with van der Waals surface area (Å²) in [6.45, 7) is 0. The third kappa shape index (κ3) is 2.09. The van der Waals surface area contributed by atoms with E-state index in [1.54, 1.807) is 5.38 Å². The van der Waals surface area contributed by atoms with E-state index in [0.717, 1.165) is 12.3 Å². The van der Waals surface area contributed by atoms with Crippen LogP contribution in [0, 0.1) is 11.8 Å². The van der Waals surface area contributed by atoms with E-state index >= 15 is 0 Å². The zero-order chi connectivity index (χ0) is 12.0. The van der Waals surface area contributed by atoms with Crippen molar-refractivity contribution in [3.63, 3.8) is 0 Å². The first-order valence-electron chi connectivity index (χ1n) is 5.91. The van der Waals surface area contributed by atoms with Crippen molar-refractivity contribution in [2.45, 2.75) is 35.9 Å². The largest absolute Gasteiger partial charge is 0.398 e. The molecule has 3 atom stereocenters. The van der Waals surface area contributed by atoms with Crippen LogP contribution in [0.5, 0.6) is 0 Å². The summed E-state index contributed by atoms with van der Waals surface area (Å²) in [5.41, 5.74) is 6.08. The molecule has 1 heterocycles. The molecule has 6 heteroatoms. The minimum absolute atomic E-state index is 0.141. The predicted molar refractivity (Wildman–Crippen MR) is 68.3 cm³/mol. The molecule has 3 unspecified atom stereocenters. The number of rotatable bonds is 3. The summed E-state index contributed by atoms with van der Waals surface area (Å²) >= 11 is 1.18. The Hall–Kier alpha value is -0.590. The third-order valence-electron chi connectivity index (χ3n) is 3.91. The zero-order valence-electron chi connectivity index (χ0n) is 9.43. The Balaban J connectivity index is 1.76. The molecule has 2 aliphatic carbocycles. The molecule has 2 fully saturated rings. The Morgan fingerprint density at radius 3 is 2.71 bits per heavy atom. The number of nitrogens with one attached hydrogen (secondary N) is 1. The quantitative estimate of drug-likeness (QED) is 0.881. The summed E-state index contributed by atoms with van der Waals surface area (Å²) < 4.78 is 27.4. The number of nitrogen functional groups attached to an aromatic ring is 1. The fourth-order valence-electron chi connectivity index (χ4n) is 3.12. The molecule has 0 saturated heterocycles. The molecule has 4 nitrogen and oxygen atoms in total. The van der Waals surface area contributed by atoms with Crippen LogP contribution in [-0.2, 0) is 10.0 Å². The molecule has 2 aliphatic rings. The number of nitrogens with two attached hydrogens (primary N) is 1. The van der Waals surface area contributed by atoms with Crippen molar-refractivity contribution in [2.75, 3.05) is 5.73 Å². The fraction of sp³-hybridized carbons (Fsp3) is 0.636. The minimum Gasteiger partial charge on any atom is -0.398 e. The first-order valence-corrected chi connectivity index (χ1v) is 8.27. The lowest BCUT2D eigenvalue weighted by molar-refractivity contribution is 0.390. The molecule has 1 aromatic rings. The Morgan fingerprint density at radius 2 is 2.18 bits per heavy atom. The zero-order valence-corrected chi connectivity index (χ0v) is 11.1. The van der Waals surface area contributed by atoms with Crippen molar-refractivity contribution in [2.24, 2.45) is 11.8 Å². The fourth-order valence-corrected chi connectivity index (χ4v) is 5.53. The van der Waals surface area contributed by atoms with Crippen molar-refractivity contribution in [1.82, 2.24) is 4.72 Å². The van der Waals surface area contributed by atoms with E-state index in [-0.39, 0.29) is 6.04 Å². The highest BCUT2D eigenvalue weighted by molar-refractivity contribution is 7.91. The van der Waals surface area contributed by atoms with Crippen LogP contribution in [0.3, 0.4) is 0 Å². The maximum Gasteiger partial charge on any atom is 0.250 e. The van der Waals surface area contributed by atoms with E-state index < -0.39 is 10.0 Å². The highest BCUT2D eigenvalue weighted by atomic mass is 32.2. The average Bonchev–Trinajstić information content (AvgIpc) is 2.92. The lowest BCUT2D eigenvalue weighted by Gasteiger charge is -2.22. The van der Waals surface area contributed by atoms with Crippen LogP contribution in [0.25, 0.3) is 0 Å². The van der Waals surface area contributed by atoms with Gasteiger partial charge in [-0.05, 0) is 37.2 Å². The van der Waals surface area contributed by atoms with Gasteiger partial charge < -0.3 is 5.73 Å². The summed E-state index contributed by atoms with van der Waals surface area (Å²) in [4.78, 5) is 0. The average molecular weight is 272 g/mol. The molecule has 2 saturated carbocycles. The molecule has 0 aromatic carbocycles. The maximum atomic E-state index is 12.1. The van der Waals surface area contributed by atoms with Crippen LogP contribution in [0.1, 0.15) is 25.7 Å². The van der Waals surface area contributed by atoms with Crippen molar-refractivity contribution >= 4 is 27.0 Å². The summed E-state index contributed by atoms with van der Waals surface area (Å²) in [7, 11) is -3.36. The van der Waals surface area contributed by atoms with Gasteiger partial charge >= 0.3 is 0 Å². The van der Waals surface area contributed by atoms with E-state index in [2.05, 4.69) is 4.72 Å². The summed E-state index contributed by atoms with van der Waals surface area (Å²) in [5, 5.41) is 1.66. The number of sulfonamides is 1. The second kappa shape index (κ2) is 3.96. The topological polar surface area (TPSA) is 72.2 Å². The third-order valence-corrected chi connectivity index (χ3v) is 6.85. The molecule has 3 rings (SSSR count). The van der Waals surface area contributed by atoms with Crippen LogP contribution in [0.4, 0.5) is 5.69 Å². The Morgan fingerprint density at radius 1 is 1.35 bits per heavy atom. The molecule has 3 N–H and O–H groups in total. The monoisotopic (exact) mass is 272 g/mol. The molecule has 2 bridgehead atoms. The van der Waals surface area contributed by atoms with Gasteiger partial charge in [-0.1, -0.05) is 6.42 Å². The lowest BCUT2D eigenvalue weighted by atomic mass is 9.96.